The molecule has 4 atom stereocenters. The van der Waals surface area contributed by atoms with Gasteiger partial charge in [0.1, 0.15) is 17.2 Å². The van der Waals surface area contributed by atoms with Crippen LogP contribution < -0.4 is 15.0 Å². The molecule has 0 aromatic heterocycles. The van der Waals surface area contributed by atoms with Crippen molar-refractivity contribution < 1.29 is 23.9 Å². The number of nitrogens with zero attached hydrogens (tertiary/aromatic N) is 1. The Bertz CT molecular complexity index is 2040. The number of ketones is 1. The van der Waals surface area contributed by atoms with Gasteiger partial charge in [-0.3, -0.25) is 9.59 Å². The highest BCUT2D eigenvalue weighted by Gasteiger charge is 2.71. The Hall–Kier alpha value is -5.95. The maximum absolute atomic E-state index is 15.1. The monoisotopic (exact) mass is 632 g/mol. The first-order valence-corrected chi connectivity index (χ1v) is 16.0. The zero-order chi connectivity index (χ0) is 32.8. The van der Waals surface area contributed by atoms with Crippen molar-refractivity contribution in [3.05, 3.63) is 167 Å². The summed E-state index contributed by atoms with van der Waals surface area (Å²) in [6.07, 6.45) is 3.18. The molecule has 3 aliphatic heterocycles. The summed E-state index contributed by atoms with van der Waals surface area (Å²) in [4.78, 5) is 46.8. The van der Waals surface area contributed by atoms with Gasteiger partial charge in [0.15, 0.2) is 11.9 Å². The number of hydrogen-bond acceptors (Lipinski definition) is 6. The van der Waals surface area contributed by atoms with Crippen LogP contribution in [0.4, 0.5) is 11.4 Å². The summed E-state index contributed by atoms with van der Waals surface area (Å²) < 4.78 is 12.0. The van der Waals surface area contributed by atoms with Crippen molar-refractivity contribution in [1.82, 2.24) is 0 Å². The van der Waals surface area contributed by atoms with Gasteiger partial charge in [-0.25, -0.2) is 4.79 Å². The van der Waals surface area contributed by atoms with Crippen molar-refractivity contribution in [3.63, 3.8) is 0 Å². The van der Waals surface area contributed by atoms with Crippen molar-refractivity contribution in [2.75, 3.05) is 17.3 Å². The largest absolute Gasteiger partial charge is 0.497 e. The van der Waals surface area contributed by atoms with Crippen molar-refractivity contribution in [1.29, 1.82) is 0 Å². The average molecular weight is 633 g/mol. The molecule has 0 radical (unpaired) electrons. The molecule has 1 N–H and O–H groups in total. The summed E-state index contributed by atoms with van der Waals surface area (Å²) in [6, 6.07) is 39.3. The van der Waals surface area contributed by atoms with Gasteiger partial charge in [-0.1, -0.05) is 121 Å². The molecule has 48 heavy (non-hydrogen) atoms. The minimum Gasteiger partial charge on any atom is -0.497 e. The van der Waals surface area contributed by atoms with Gasteiger partial charge < -0.3 is 19.7 Å². The maximum Gasteiger partial charge on any atom is 0.330 e. The Balaban J connectivity index is 1.36. The molecule has 1 spiro atoms. The van der Waals surface area contributed by atoms with Crippen molar-refractivity contribution in [3.8, 4) is 5.75 Å². The Labute approximate surface area is 278 Å². The van der Waals surface area contributed by atoms with E-state index in [1.807, 2.05) is 126 Å². The quantitative estimate of drug-likeness (QED) is 0.154. The van der Waals surface area contributed by atoms with E-state index < -0.39 is 35.5 Å². The van der Waals surface area contributed by atoms with Crippen molar-refractivity contribution in [2.24, 2.45) is 5.92 Å². The summed E-state index contributed by atoms with van der Waals surface area (Å²) in [7, 11) is 1.54. The number of ether oxygens (including phenoxy) is 2. The Kier molecular flexibility index (Phi) is 7.17. The molecule has 1 saturated heterocycles. The summed E-state index contributed by atoms with van der Waals surface area (Å²) in [5.74, 6) is -1.94. The molecule has 8 rings (SSSR count). The second-order valence-electron chi connectivity index (χ2n) is 12.3. The van der Waals surface area contributed by atoms with Crippen LogP contribution >= 0.6 is 0 Å². The van der Waals surface area contributed by atoms with E-state index in [1.54, 1.807) is 24.3 Å². The smallest absolute Gasteiger partial charge is 0.330 e. The average Bonchev–Trinajstić information content (AvgIpc) is 3.63. The van der Waals surface area contributed by atoms with E-state index in [0.29, 0.717) is 22.6 Å². The molecule has 3 heterocycles. The van der Waals surface area contributed by atoms with E-state index in [0.717, 1.165) is 22.4 Å². The van der Waals surface area contributed by atoms with Crippen LogP contribution in [-0.2, 0) is 19.7 Å². The third-order valence-corrected chi connectivity index (χ3v) is 9.86. The van der Waals surface area contributed by atoms with Gasteiger partial charge in [-0.15, -0.1) is 0 Å². The number of rotatable bonds is 7. The predicted molar refractivity (Wildman–Crippen MR) is 184 cm³/mol. The number of anilines is 2. The van der Waals surface area contributed by atoms with Gasteiger partial charge in [0, 0.05) is 16.9 Å². The Morgan fingerprint density at radius 1 is 0.792 bits per heavy atom. The molecule has 1 fully saturated rings. The fourth-order valence-corrected chi connectivity index (χ4v) is 7.82. The highest BCUT2D eigenvalue weighted by atomic mass is 16.5. The van der Waals surface area contributed by atoms with Gasteiger partial charge >= 0.3 is 5.97 Å². The minimum absolute atomic E-state index is 0.332. The summed E-state index contributed by atoms with van der Waals surface area (Å²) >= 11 is 0. The number of esters is 1. The number of para-hydroxylation sites is 2. The van der Waals surface area contributed by atoms with E-state index >= 15 is 9.59 Å². The summed E-state index contributed by atoms with van der Waals surface area (Å²) in [5, 5.41) is 3.07. The summed E-state index contributed by atoms with van der Waals surface area (Å²) in [6.45, 7) is 0. The molecule has 1 amide bonds. The lowest BCUT2D eigenvalue weighted by Gasteiger charge is -2.37. The van der Waals surface area contributed by atoms with E-state index in [9.17, 15) is 4.79 Å². The van der Waals surface area contributed by atoms with Gasteiger partial charge in [0.05, 0.1) is 19.1 Å². The fraction of sp³-hybridized carbons (Fsp3) is 0.146. The number of methoxy groups -OCH3 is 1. The first-order valence-electron chi connectivity index (χ1n) is 16.0. The molecule has 3 aliphatic rings. The fourth-order valence-electron chi connectivity index (χ4n) is 7.82. The van der Waals surface area contributed by atoms with Gasteiger partial charge in [-0.2, -0.15) is 0 Å². The zero-order valence-corrected chi connectivity index (χ0v) is 26.2. The van der Waals surface area contributed by atoms with Crippen molar-refractivity contribution in [2.45, 2.75) is 23.6 Å². The van der Waals surface area contributed by atoms with Crippen LogP contribution in [-0.4, -0.2) is 36.9 Å². The highest BCUT2D eigenvalue weighted by molar-refractivity contribution is 6.16. The van der Waals surface area contributed by atoms with Gasteiger partial charge in [-0.05, 0) is 46.5 Å². The predicted octanol–water partition coefficient (Wildman–Crippen LogP) is 7.00. The lowest BCUT2D eigenvalue weighted by atomic mass is 9.64. The Morgan fingerprint density at radius 3 is 2.19 bits per heavy atom. The van der Waals surface area contributed by atoms with Crippen molar-refractivity contribution >= 4 is 35.1 Å². The lowest BCUT2D eigenvalue weighted by molar-refractivity contribution is -0.150. The molecular weight excluding hydrogens is 600 g/mol. The van der Waals surface area contributed by atoms with Crippen LogP contribution in [0.2, 0.25) is 0 Å². The standard InChI is InChI=1S/C41H32N2O5/c1-47-30-19-12-18-29(25-30)37(44)35-36(39(45)48-38(27-14-4-2-5-15-27)28-16-6-3-7-17-28)43-33-22-11-8-13-26(33)23-24-34(43)41(35)31-20-9-10-21-32(31)42-40(41)46/h2-25,34-36,38H,1H3,(H,42,46)/t34-,35-,36-,41+/m1/s1. The maximum atomic E-state index is 15.1. The van der Waals surface area contributed by atoms with Gasteiger partial charge in [0.2, 0.25) is 5.91 Å². The van der Waals surface area contributed by atoms with Crippen LogP contribution in [0.1, 0.15) is 38.7 Å². The number of carbonyl (C=O) groups is 3. The number of nitrogens with one attached hydrogen (secondary N) is 1. The van der Waals surface area contributed by atoms with Crippen LogP contribution in [0, 0.1) is 5.92 Å². The Morgan fingerprint density at radius 2 is 1.46 bits per heavy atom. The second kappa shape index (κ2) is 11.7. The molecule has 5 aromatic carbocycles. The van der Waals surface area contributed by atoms with Crippen LogP contribution in [0.5, 0.6) is 5.75 Å². The lowest BCUT2D eigenvalue weighted by Crippen LogP contribution is -2.51. The molecule has 0 saturated carbocycles. The van der Waals surface area contributed by atoms with E-state index in [2.05, 4.69) is 5.32 Å². The normalized spacial score (nSPS) is 21.8. The second-order valence-corrected chi connectivity index (χ2v) is 12.3. The van der Waals surface area contributed by atoms with Crippen LogP contribution in [0.3, 0.4) is 0 Å². The van der Waals surface area contributed by atoms with E-state index in [1.165, 1.54) is 7.11 Å². The zero-order valence-electron chi connectivity index (χ0n) is 26.2. The topological polar surface area (TPSA) is 84.9 Å². The van der Waals surface area contributed by atoms with E-state index in [-0.39, 0.29) is 11.7 Å². The highest BCUT2D eigenvalue weighted by Crippen LogP contribution is 2.58. The molecule has 236 valence electrons. The molecule has 7 nitrogen and oxygen atoms in total. The number of fused-ring (bicyclic) bond motifs is 6. The van der Waals surface area contributed by atoms with Gasteiger partial charge in [0.25, 0.3) is 0 Å². The molecule has 5 aromatic rings. The molecule has 7 heteroatoms. The van der Waals surface area contributed by atoms with E-state index in [4.69, 9.17) is 9.47 Å². The number of Topliss-reactive ketones (excluding diaryl/α,β-unsaturated/α-hetero) is 1. The van der Waals surface area contributed by atoms with Crippen LogP contribution in [0.25, 0.3) is 6.08 Å². The number of benzene rings is 5. The minimum atomic E-state index is -1.44. The third-order valence-electron chi connectivity index (χ3n) is 9.86. The van der Waals surface area contributed by atoms with Crippen LogP contribution in [0.15, 0.2) is 140 Å². The number of hydrogen-bond donors (Lipinski definition) is 1. The summed E-state index contributed by atoms with van der Waals surface area (Å²) in [5.41, 5.74) is 3.41. The molecular formula is C41H32N2O5. The number of amides is 1. The first kappa shape index (κ1) is 29.5. The third kappa shape index (κ3) is 4.46. The number of carbonyl (C=O) groups excluding carboxylic acids is 3. The first-order chi connectivity index (χ1) is 23.5. The molecule has 0 unspecified atom stereocenters. The SMILES string of the molecule is COc1cccc(C(=O)[C@H]2[C@H](C(=O)OC(c3ccccc3)c3ccccc3)N3c4ccccc4C=C[C@@H]3[C@]23C(=O)Nc2ccccc23)c1. The molecule has 0 aliphatic carbocycles. The molecule has 0 bridgehead atoms.